The summed E-state index contributed by atoms with van der Waals surface area (Å²) in [5.74, 6) is -0.711. The lowest BCUT2D eigenvalue weighted by molar-refractivity contribution is 0.274. The maximum absolute atomic E-state index is 13.2. The average Bonchev–Trinajstić information content (AvgIpc) is 2.37. The van der Waals surface area contributed by atoms with Crippen LogP contribution >= 0.6 is 34.8 Å². The molecule has 0 radical (unpaired) electrons. The molecule has 0 spiro atoms. The van der Waals surface area contributed by atoms with E-state index in [2.05, 4.69) is 4.98 Å². The standard InChI is InChI=1S/C12H7Cl3FNO/c13-9-2-1-8(10(14)11(9)15)6-3-7(5-18)12(16)17-4-6/h1-4,18H,5H2. The van der Waals surface area contributed by atoms with Crippen LogP contribution in [0.25, 0.3) is 11.1 Å². The molecule has 0 aliphatic carbocycles. The Bertz CT molecular complexity index is 604. The third-order valence-corrected chi connectivity index (χ3v) is 3.72. The molecule has 1 aromatic heterocycles. The molecule has 94 valence electrons. The third-order valence-electron chi connectivity index (χ3n) is 2.43. The number of halogens is 4. The molecule has 1 aromatic carbocycles. The summed E-state index contributed by atoms with van der Waals surface area (Å²) >= 11 is 17.8. The third kappa shape index (κ3) is 2.45. The van der Waals surface area contributed by atoms with E-state index in [1.165, 1.54) is 12.3 Å². The van der Waals surface area contributed by atoms with Crippen LogP contribution in [0.15, 0.2) is 24.4 Å². The fraction of sp³-hybridized carbons (Fsp3) is 0.0833. The minimum absolute atomic E-state index is 0.0923. The molecular formula is C12H7Cl3FNO. The summed E-state index contributed by atoms with van der Waals surface area (Å²) in [5, 5.41) is 9.83. The molecule has 6 heteroatoms. The number of aliphatic hydroxyl groups excluding tert-OH is 1. The van der Waals surface area contributed by atoms with Crippen LogP contribution in [0.4, 0.5) is 4.39 Å². The van der Waals surface area contributed by atoms with E-state index in [9.17, 15) is 4.39 Å². The largest absolute Gasteiger partial charge is 0.392 e. The lowest BCUT2D eigenvalue weighted by Gasteiger charge is -2.08. The van der Waals surface area contributed by atoms with Gasteiger partial charge in [-0.2, -0.15) is 4.39 Å². The van der Waals surface area contributed by atoms with Crippen molar-refractivity contribution in [3.63, 3.8) is 0 Å². The number of pyridine rings is 1. The highest BCUT2D eigenvalue weighted by atomic mass is 35.5. The van der Waals surface area contributed by atoms with Gasteiger partial charge in [0.2, 0.25) is 5.95 Å². The summed E-state index contributed by atoms with van der Waals surface area (Å²) in [7, 11) is 0. The molecule has 2 nitrogen and oxygen atoms in total. The van der Waals surface area contributed by atoms with Gasteiger partial charge < -0.3 is 5.11 Å². The molecule has 2 rings (SSSR count). The first-order valence-electron chi connectivity index (χ1n) is 4.93. The van der Waals surface area contributed by atoms with Crippen molar-refractivity contribution in [2.24, 2.45) is 0 Å². The van der Waals surface area contributed by atoms with E-state index in [1.54, 1.807) is 12.1 Å². The molecule has 1 N–H and O–H groups in total. The predicted molar refractivity (Wildman–Crippen MR) is 70.6 cm³/mol. The van der Waals surface area contributed by atoms with Gasteiger partial charge in [0.05, 0.1) is 21.7 Å². The second-order valence-corrected chi connectivity index (χ2v) is 4.72. The van der Waals surface area contributed by atoms with Crippen molar-refractivity contribution in [2.45, 2.75) is 6.61 Å². The summed E-state index contributed by atoms with van der Waals surface area (Å²) in [6, 6.07) is 4.72. The van der Waals surface area contributed by atoms with Crippen molar-refractivity contribution >= 4 is 34.8 Å². The first-order chi connectivity index (χ1) is 8.54. The van der Waals surface area contributed by atoms with E-state index in [-0.39, 0.29) is 15.6 Å². The number of nitrogens with zero attached hydrogens (tertiary/aromatic N) is 1. The highest BCUT2D eigenvalue weighted by molar-refractivity contribution is 6.49. The fourth-order valence-electron chi connectivity index (χ4n) is 1.50. The minimum atomic E-state index is -0.711. The Hall–Kier alpha value is -0.870. The molecule has 1 heterocycles. The Balaban J connectivity index is 2.59. The molecule has 0 aliphatic rings. The molecule has 0 unspecified atom stereocenters. The topological polar surface area (TPSA) is 33.1 Å². The van der Waals surface area contributed by atoms with Gasteiger partial charge in [0.25, 0.3) is 0 Å². The van der Waals surface area contributed by atoms with Gasteiger partial charge in [0.15, 0.2) is 0 Å². The molecule has 0 bridgehead atoms. The van der Waals surface area contributed by atoms with E-state index >= 15 is 0 Å². The van der Waals surface area contributed by atoms with E-state index < -0.39 is 12.6 Å². The Morgan fingerprint density at radius 2 is 1.89 bits per heavy atom. The summed E-state index contributed by atoms with van der Waals surface area (Å²) in [4.78, 5) is 3.56. The lowest BCUT2D eigenvalue weighted by Crippen LogP contribution is -1.95. The Labute approximate surface area is 118 Å². The van der Waals surface area contributed by atoms with Crippen molar-refractivity contribution in [1.29, 1.82) is 0 Å². The normalized spacial score (nSPS) is 10.7. The van der Waals surface area contributed by atoms with Gasteiger partial charge in [-0.15, -0.1) is 0 Å². The van der Waals surface area contributed by atoms with E-state index in [0.29, 0.717) is 16.1 Å². The summed E-state index contributed by atoms with van der Waals surface area (Å²) in [6.07, 6.45) is 1.32. The average molecular weight is 307 g/mol. The van der Waals surface area contributed by atoms with E-state index in [4.69, 9.17) is 39.9 Å². The molecular weight excluding hydrogens is 299 g/mol. The van der Waals surface area contributed by atoms with E-state index in [0.717, 1.165) is 0 Å². The van der Waals surface area contributed by atoms with Gasteiger partial charge in [-0.3, -0.25) is 0 Å². The predicted octanol–water partition coefficient (Wildman–Crippen LogP) is 4.34. The maximum atomic E-state index is 13.2. The second kappa shape index (κ2) is 5.41. The summed E-state index contributed by atoms with van der Waals surface area (Å²) in [5.41, 5.74) is 1.23. The van der Waals surface area contributed by atoms with Crippen molar-refractivity contribution in [3.8, 4) is 11.1 Å². The van der Waals surface area contributed by atoms with Gasteiger partial charge in [-0.05, 0) is 12.1 Å². The van der Waals surface area contributed by atoms with Gasteiger partial charge in [0.1, 0.15) is 0 Å². The fourth-order valence-corrected chi connectivity index (χ4v) is 2.15. The van der Waals surface area contributed by atoms with Crippen LogP contribution in [0.1, 0.15) is 5.56 Å². The van der Waals surface area contributed by atoms with Crippen LogP contribution in [-0.4, -0.2) is 10.1 Å². The number of aromatic nitrogens is 1. The molecule has 0 atom stereocenters. The monoisotopic (exact) mass is 305 g/mol. The quantitative estimate of drug-likeness (QED) is 0.661. The first-order valence-corrected chi connectivity index (χ1v) is 6.07. The zero-order valence-corrected chi connectivity index (χ0v) is 11.2. The van der Waals surface area contributed by atoms with Crippen LogP contribution in [0, 0.1) is 5.95 Å². The number of rotatable bonds is 2. The summed E-state index contributed by atoms with van der Waals surface area (Å²) in [6.45, 7) is -0.439. The van der Waals surface area contributed by atoms with Crippen molar-refractivity contribution in [1.82, 2.24) is 4.98 Å². The Kier molecular flexibility index (Phi) is 4.07. The van der Waals surface area contributed by atoms with Crippen molar-refractivity contribution < 1.29 is 9.50 Å². The van der Waals surface area contributed by atoms with Crippen LogP contribution in [0.2, 0.25) is 15.1 Å². The highest BCUT2D eigenvalue weighted by Crippen LogP contribution is 2.38. The second-order valence-electron chi connectivity index (χ2n) is 3.55. The van der Waals surface area contributed by atoms with Crippen LogP contribution in [-0.2, 0) is 6.61 Å². The van der Waals surface area contributed by atoms with Crippen LogP contribution in [0.5, 0.6) is 0 Å². The SMILES string of the molecule is OCc1cc(-c2ccc(Cl)c(Cl)c2Cl)cnc1F. The molecule has 0 aliphatic heterocycles. The summed E-state index contributed by atoms with van der Waals surface area (Å²) < 4.78 is 13.2. The number of aliphatic hydroxyl groups is 1. The first kappa shape index (κ1) is 13.6. The number of hydrogen-bond donors (Lipinski definition) is 1. The highest BCUT2D eigenvalue weighted by Gasteiger charge is 2.12. The molecule has 0 saturated carbocycles. The van der Waals surface area contributed by atoms with Crippen molar-refractivity contribution in [2.75, 3.05) is 0 Å². The smallest absolute Gasteiger partial charge is 0.218 e. The van der Waals surface area contributed by atoms with Gasteiger partial charge >= 0.3 is 0 Å². The minimum Gasteiger partial charge on any atom is -0.392 e. The molecule has 0 fully saturated rings. The Morgan fingerprint density at radius 1 is 1.17 bits per heavy atom. The zero-order chi connectivity index (χ0) is 13.3. The lowest BCUT2D eigenvalue weighted by atomic mass is 10.1. The van der Waals surface area contributed by atoms with Crippen LogP contribution < -0.4 is 0 Å². The molecule has 2 aromatic rings. The molecule has 0 amide bonds. The van der Waals surface area contributed by atoms with Crippen LogP contribution in [0.3, 0.4) is 0 Å². The number of benzene rings is 1. The molecule has 18 heavy (non-hydrogen) atoms. The number of hydrogen-bond acceptors (Lipinski definition) is 2. The van der Waals surface area contributed by atoms with Gasteiger partial charge in [-0.1, -0.05) is 40.9 Å². The Morgan fingerprint density at radius 3 is 2.56 bits per heavy atom. The van der Waals surface area contributed by atoms with Gasteiger partial charge in [-0.25, -0.2) is 4.98 Å². The zero-order valence-electron chi connectivity index (χ0n) is 8.92. The van der Waals surface area contributed by atoms with Gasteiger partial charge in [0, 0.05) is 22.9 Å². The molecule has 0 saturated heterocycles. The maximum Gasteiger partial charge on any atom is 0.218 e. The van der Waals surface area contributed by atoms with Crippen molar-refractivity contribution in [3.05, 3.63) is 51.0 Å². The van der Waals surface area contributed by atoms with E-state index in [1.807, 2.05) is 0 Å².